The molecule has 1 aromatic carbocycles. The molecule has 1 atom stereocenters. The molecule has 0 amide bonds. The van der Waals surface area contributed by atoms with E-state index in [4.69, 9.17) is 0 Å². The number of aromatic nitrogens is 2. The molecule has 7 heteroatoms. The SMILES string of the molecule is CC1(C(=O)O)CCN(c2nnc(Cc3ccc(F)cc3)s2)C1. The highest BCUT2D eigenvalue weighted by molar-refractivity contribution is 7.15. The first-order chi connectivity index (χ1) is 10.5. The van der Waals surface area contributed by atoms with Gasteiger partial charge in [-0.2, -0.15) is 0 Å². The maximum atomic E-state index is 12.9. The van der Waals surface area contributed by atoms with Crippen LogP contribution in [0.4, 0.5) is 9.52 Å². The number of rotatable bonds is 4. The largest absolute Gasteiger partial charge is 0.481 e. The van der Waals surface area contributed by atoms with Gasteiger partial charge in [0, 0.05) is 19.5 Å². The van der Waals surface area contributed by atoms with Crippen LogP contribution in [0.25, 0.3) is 0 Å². The summed E-state index contributed by atoms with van der Waals surface area (Å²) < 4.78 is 12.9. The molecule has 0 radical (unpaired) electrons. The smallest absolute Gasteiger partial charge is 0.311 e. The third-order valence-electron chi connectivity index (χ3n) is 3.98. The van der Waals surface area contributed by atoms with Crippen LogP contribution in [0.15, 0.2) is 24.3 Å². The van der Waals surface area contributed by atoms with Crippen molar-refractivity contribution in [3.63, 3.8) is 0 Å². The van der Waals surface area contributed by atoms with E-state index in [1.54, 1.807) is 19.1 Å². The van der Waals surface area contributed by atoms with Crippen LogP contribution in [0.2, 0.25) is 0 Å². The van der Waals surface area contributed by atoms with Crippen LogP contribution in [0, 0.1) is 11.2 Å². The van der Waals surface area contributed by atoms with Gasteiger partial charge in [0.2, 0.25) is 5.13 Å². The van der Waals surface area contributed by atoms with Crippen LogP contribution in [0.1, 0.15) is 23.9 Å². The molecule has 1 fully saturated rings. The monoisotopic (exact) mass is 321 g/mol. The second-order valence-electron chi connectivity index (χ2n) is 5.82. The number of carbonyl (C=O) groups is 1. The van der Waals surface area contributed by atoms with Crippen LogP contribution >= 0.6 is 11.3 Å². The Kier molecular flexibility index (Phi) is 3.82. The van der Waals surface area contributed by atoms with Crippen LogP contribution in [-0.2, 0) is 11.2 Å². The maximum absolute atomic E-state index is 12.9. The second-order valence-corrected chi connectivity index (χ2v) is 6.86. The summed E-state index contributed by atoms with van der Waals surface area (Å²) in [6, 6.07) is 6.31. The Bertz CT molecular complexity index is 688. The fourth-order valence-electron chi connectivity index (χ4n) is 2.52. The van der Waals surface area contributed by atoms with Crippen molar-refractivity contribution in [3.05, 3.63) is 40.7 Å². The summed E-state index contributed by atoms with van der Waals surface area (Å²) in [5.74, 6) is -1.03. The van der Waals surface area contributed by atoms with Crippen LogP contribution in [-0.4, -0.2) is 34.4 Å². The number of hydrogen-bond donors (Lipinski definition) is 1. The van der Waals surface area contributed by atoms with Crippen molar-refractivity contribution >= 4 is 22.4 Å². The van der Waals surface area contributed by atoms with E-state index < -0.39 is 11.4 Å². The Morgan fingerprint density at radius 2 is 2.14 bits per heavy atom. The summed E-state index contributed by atoms with van der Waals surface area (Å²) in [7, 11) is 0. The first-order valence-electron chi connectivity index (χ1n) is 7.01. The minimum Gasteiger partial charge on any atom is -0.481 e. The molecule has 0 aliphatic carbocycles. The van der Waals surface area contributed by atoms with E-state index in [9.17, 15) is 14.3 Å². The van der Waals surface area contributed by atoms with E-state index in [0.717, 1.165) is 15.7 Å². The van der Waals surface area contributed by atoms with Gasteiger partial charge in [0.1, 0.15) is 10.8 Å². The molecule has 5 nitrogen and oxygen atoms in total. The van der Waals surface area contributed by atoms with E-state index in [0.29, 0.717) is 25.9 Å². The lowest BCUT2D eigenvalue weighted by Gasteiger charge is -2.18. The minimum atomic E-state index is -0.772. The summed E-state index contributed by atoms with van der Waals surface area (Å²) in [6.07, 6.45) is 1.21. The number of hydrogen-bond acceptors (Lipinski definition) is 5. The zero-order chi connectivity index (χ0) is 15.7. The molecule has 1 unspecified atom stereocenters. The molecular weight excluding hydrogens is 305 g/mol. The first kappa shape index (κ1) is 14.9. The number of halogens is 1. The Labute approximate surface area is 131 Å². The summed E-state index contributed by atoms with van der Waals surface area (Å²) in [5.41, 5.74) is 0.254. The predicted molar refractivity (Wildman–Crippen MR) is 81.7 cm³/mol. The first-order valence-corrected chi connectivity index (χ1v) is 7.83. The molecule has 116 valence electrons. The molecule has 3 rings (SSSR count). The molecular formula is C15H16FN3O2S. The fraction of sp³-hybridized carbons (Fsp3) is 0.400. The maximum Gasteiger partial charge on any atom is 0.311 e. The summed E-state index contributed by atoms with van der Waals surface area (Å²) in [5, 5.41) is 19.2. The Morgan fingerprint density at radius 3 is 2.77 bits per heavy atom. The molecule has 2 aromatic rings. The van der Waals surface area contributed by atoms with Crippen LogP contribution in [0.3, 0.4) is 0 Å². The number of aliphatic carboxylic acids is 1. The fourth-order valence-corrected chi connectivity index (χ4v) is 3.42. The molecule has 1 aromatic heterocycles. The van der Waals surface area contributed by atoms with Gasteiger partial charge in [0.25, 0.3) is 0 Å². The standard InChI is InChI=1S/C15H16FN3O2S/c1-15(13(20)21)6-7-19(9-15)14-18-17-12(22-14)8-10-2-4-11(16)5-3-10/h2-5H,6-9H2,1H3,(H,20,21). The number of nitrogens with zero attached hydrogens (tertiary/aromatic N) is 3. The van der Waals surface area contributed by atoms with Gasteiger partial charge >= 0.3 is 5.97 Å². The molecule has 0 spiro atoms. The Morgan fingerprint density at radius 1 is 1.41 bits per heavy atom. The highest BCUT2D eigenvalue weighted by Gasteiger charge is 2.41. The third kappa shape index (κ3) is 2.94. The van der Waals surface area contributed by atoms with Gasteiger partial charge in [-0.05, 0) is 31.0 Å². The predicted octanol–water partition coefficient (Wildman–Crippen LogP) is 2.57. The number of carboxylic acid groups (broad SMARTS) is 1. The molecule has 1 aliphatic rings. The van der Waals surface area contributed by atoms with E-state index in [1.165, 1.54) is 23.5 Å². The van der Waals surface area contributed by atoms with E-state index >= 15 is 0 Å². The minimum absolute atomic E-state index is 0.258. The highest BCUT2D eigenvalue weighted by Crippen LogP contribution is 2.34. The Balaban J connectivity index is 1.69. The van der Waals surface area contributed by atoms with Gasteiger partial charge in [0.15, 0.2) is 0 Å². The van der Waals surface area contributed by atoms with Crippen molar-refractivity contribution < 1.29 is 14.3 Å². The Hall–Kier alpha value is -2.02. The topological polar surface area (TPSA) is 66.3 Å². The van der Waals surface area contributed by atoms with Gasteiger partial charge in [0.05, 0.1) is 5.41 Å². The average Bonchev–Trinajstić information content (AvgIpc) is 3.09. The average molecular weight is 321 g/mol. The molecule has 1 N–H and O–H groups in total. The van der Waals surface area contributed by atoms with Crippen molar-refractivity contribution in [2.75, 3.05) is 18.0 Å². The zero-order valence-electron chi connectivity index (χ0n) is 12.1. The van der Waals surface area contributed by atoms with Crippen molar-refractivity contribution in [3.8, 4) is 0 Å². The zero-order valence-corrected chi connectivity index (χ0v) is 12.9. The summed E-state index contributed by atoms with van der Waals surface area (Å²) >= 11 is 1.46. The van der Waals surface area contributed by atoms with Gasteiger partial charge < -0.3 is 10.0 Å². The van der Waals surface area contributed by atoms with Gasteiger partial charge in [-0.25, -0.2) is 4.39 Å². The molecule has 1 aliphatic heterocycles. The quantitative estimate of drug-likeness (QED) is 0.937. The van der Waals surface area contributed by atoms with Gasteiger partial charge in [-0.3, -0.25) is 4.79 Å². The van der Waals surface area contributed by atoms with E-state index in [1.807, 2.05) is 4.90 Å². The number of anilines is 1. The normalized spacial score (nSPS) is 21.3. The van der Waals surface area contributed by atoms with E-state index in [2.05, 4.69) is 10.2 Å². The number of benzene rings is 1. The van der Waals surface area contributed by atoms with Crippen molar-refractivity contribution in [2.24, 2.45) is 5.41 Å². The van der Waals surface area contributed by atoms with Gasteiger partial charge in [-0.1, -0.05) is 23.5 Å². The van der Waals surface area contributed by atoms with Crippen molar-refractivity contribution in [2.45, 2.75) is 19.8 Å². The second kappa shape index (κ2) is 5.64. The van der Waals surface area contributed by atoms with Crippen LogP contribution < -0.4 is 4.90 Å². The summed E-state index contributed by atoms with van der Waals surface area (Å²) in [6.45, 7) is 2.89. The molecule has 22 heavy (non-hydrogen) atoms. The molecule has 2 heterocycles. The molecule has 1 saturated heterocycles. The van der Waals surface area contributed by atoms with Crippen LogP contribution in [0.5, 0.6) is 0 Å². The third-order valence-corrected chi connectivity index (χ3v) is 4.97. The van der Waals surface area contributed by atoms with Crippen molar-refractivity contribution in [1.29, 1.82) is 0 Å². The lowest BCUT2D eigenvalue weighted by Crippen LogP contribution is -2.31. The lowest BCUT2D eigenvalue weighted by molar-refractivity contribution is -0.146. The molecule has 0 bridgehead atoms. The molecule has 0 saturated carbocycles. The lowest BCUT2D eigenvalue weighted by atomic mass is 9.90. The number of carboxylic acids is 1. The van der Waals surface area contributed by atoms with Gasteiger partial charge in [-0.15, -0.1) is 10.2 Å². The van der Waals surface area contributed by atoms with E-state index in [-0.39, 0.29) is 5.82 Å². The summed E-state index contributed by atoms with van der Waals surface area (Å²) in [4.78, 5) is 13.3. The highest BCUT2D eigenvalue weighted by atomic mass is 32.1. The van der Waals surface area contributed by atoms with Crippen molar-refractivity contribution in [1.82, 2.24) is 10.2 Å².